The van der Waals surface area contributed by atoms with Crippen molar-refractivity contribution in [2.24, 2.45) is 10.9 Å². The van der Waals surface area contributed by atoms with Crippen LogP contribution >= 0.6 is 23.2 Å². The standard InChI is InChI=1S/C16H11Cl2NO4/c17-8-2-1-7(3-9(8)18)13-14-10(4-22-6-12(14)20)19-11-5-23-16(21)15(11)13/h1-3,13-14H,4-6H2. The van der Waals surface area contributed by atoms with Crippen LogP contribution in [0.5, 0.6) is 0 Å². The van der Waals surface area contributed by atoms with Gasteiger partial charge in [-0.15, -0.1) is 0 Å². The van der Waals surface area contributed by atoms with Gasteiger partial charge in [0.2, 0.25) is 0 Å². The molecule has 1 saturated heterocycles. The fourth-order valence-corrected chi connectivity index (χ4v) is 3.62. The molecule has 3 heterocycles. The van der Waals surface area contributed by atoms with Gasteiger partial charge in [0.25, 0.3) is 0 Å². The van der Waals surface area contributed by atoms with Crippen molar-refractivity contribution >= 4 is 40.7 Å². The molecule has 0 amide bonds. The molecule has 4 rings (SSSR count). The Morgan fingerprint density at radius 1 is 1.04 bits per heavy atom. The van der Waals surface area contributed by atoms with Crippen LogP contribution in [0.4, 0.5) is 0 Å². The number of rotatable bonds is 1. The van der Waals surface area contributed by atoms with Crippen molar-refractivity contribution in [1.29, 1.82) is 0 Å². The molecule has 5 nitrogen and oxygen atoms in total. The number of cyclic esters (lactones) is 1. The van der Waals surface area contributed by atoms with E-state index in [0.29, 0.717) is 27.0 Å². The summed E-state index contributed by atoms with van der Waals surface area (Å²) in [6, 6.07) is 5.13. The first kappa shape index (κ1) is 14.9. The van der Waals surface area contributed by atoms with Crippen molar-refractivity contribution in [1.82, 2.24) is 0 Å². The molecule has 0 aromatic heterocycles. The molecule has 2 unspecified atom stereocenters. The number of Topliss-reactive ketones (excluding diaryl/α,β-unsaturated/α-hetero) is 1. The second-order valence-corrected chi connectivity index (χ2v) is 6.44. The number of halogens is 2. The van der Waals surface area contributed by atoms with Gasteiger partial charge >= 0.3 is 5.97 Å². The van der Waals surface area contributed by atoms with Crippen LogP contribution in [0, 0.1) is 5.92 Å². The van der Waals surface area contributed by atoms with Crippen LogP contribution in [0.25, 0.3) is 0 Å². The summed E-state index contributed by atoms with van der Waals surface area (Å²) < 4.78 is 10.4. The Labute approximate surface area is 141 Å². The lowest BCUT2D eigenvalue weighted by atomic mass is 9.73. The Balaban J connectivity index is 1.89. The maximum atomic E-state index is 12.4. The van der Waals surface area contributed by atoms with Gasteiger partial charge in [-0.1, -0.05) is 29.3 Å². The molecular formula is C16H11Cl2NO4. The number of ether oxygens (including phenoxy) is 2. The highest BCUT2D eigenvalue weighted by molar-refractivity contribution is 6.42. The van der Waals surface area contributed by atoms with Gasteiger partial charge in [-0.2, -0.15) is 0 Å². The highest BCUT2D eigenvalue weighted by atomic mass is 35.5. The number of aliphatic imine (C=N–C) groups is 1. The highest BCUT2D eigenvalue weighted by Crippen LogP contribution is 2.44. The van der Waals surface area contributed by atoms with E-state index in [1.807, 2.05) is 0 Å². The summed E-state index contributed by atoms with van der Waals surface area (Å²) in [6.45, 7) is 0.411. The van der Waals surface area contributed by atoms with Crippen molar-refractivity contribution in [2.45, 2.75) is 5.92 Å². The molecule has 1 aromatic rings. The van der Waals surface area contributed by atoms with E-state index in [9.17, 15) is 9.59 Å². The molecule has 3 aliphatic heterocycles. The van der Waals surface area contributed by atoms with Crippen LogP contribution in [0.3, 0.4) is 0 Å². The lowest BCUT2D eigenvalue weighted by Gasteiger charge is -2.33. The third kappa shape index (κ3) is 2.31. The quantitative estimate of drug-likeness (QED) is 0.729. The van der Waals surface area contributed by atoms with Gasteiger partial charge in [-0.05, 0) is 17.7 Å². The summed E-state index contributed by atoms with van der Waals surface area (Å²) in [5, 5.41) is 0.794. The summed E-state index contributed by atoms with van der Waals surface area (Å²) in [5.74, 6) is -1.51. The first-order valence-electron chi connectivity index (χ1n) is 7.09. The zero-order valence-electron chi connectivity index (χ0n) is 11.8. The molecule has 0 bridgehead atoms. The van der Waals surface area contributed by atoms with E-state index < -0.39 is 17.8 Å². The monoisotopic (exact) mass is 351 g/mol. The summed E-state index contributed by atoms with van der Waals surface area (Å²) in [7, 11) is 0. The average molecular weight is 352 g/mol. The number of fused-ring (bicyclic) bond motifs is 1. The zero-order chi connectivity index (χ0) is 16.1. The molecular weight excluding hydrogens is 341 g/mol. The summed E-state index contributed by atoms with van der Waals surface area (Å²) >= 11 is 12.1. The van der Waals surface area contributed by atoms with Crippen molar-refractivity contribution in [3.8, 4) is 0 Å². The molecule has 0 N–H and O–H groups in total. The van der Waals surface area contributed by atoms with Gasteiger partial charge in [0.1, 0.15) is 13.2 Å². The van der Waals surface area contributed by atoms with Crippen LogP contribution in [0.1, 0.15) is 11.5 Å². The van der Waals surface area contributed by atoms with Crippen LogP contribution in [-0.2, 0) is 19.1 Å². The normalized spacial score (nSPS) is 26.6. The number of esters is 1. The van der Waals surface area contributed by atoms with Crippen molar-refractivity contribution in [2.75, 3.05) is 19.8 Å². The van der Waals surface area contributed by atoms with E-state index in [0.717, 1.165) is 5.56 Å². The molecule has 0 saturated carbocycles. The zero-order valence-corrected chi connectivity index (χ0v) is 13.4. The molecule has 23 heavy (non-hydrogen) atoms. The molecule has 0 aliphatic carbocycles. The molecule has 3 aliphatic rings. The third-order valence-corrected chi connectivity index (χ3v) is 5.04. The Bertz CT molecular complexity index is 799. The number of hydrogen-bond donors (Lipinski definition) is 0. The molecule has 118 valence electrons. The minimum Gasteiger partial charge on any atom is -0.456 e. The van der Waals surface area contributed by atoms with Crippen LogP contribution in [0.2, 0.25) is 10.0 Å². The molecule has 0 spiro atoms. The third-order valence-electron chi connectivity index (χ3n) is 4.30. The number of carbonyl (C=O) groups excluding carboxylic acids is 2. The summed E-state index contributed by atoms with van der Waals surface area (Å²) in [4.78, 5) is 29.0. The number of hydrogen-bond acceptors (Lipinski definition) is 5. The lowest BCUT2D eigenvalue weighted by molar-refractivity contribution is -0.136. The molecule has 1 fully saturated rings. The SMILES string of the molecule is O=C1OCC2=C1C(c1ccc(Cl)c(Cl)c1)C1C(=O)COCC1=N2. The molecule has 7 heteroatoms. The average Bonchev–Trinajstić information content (AvgIpc) is 2.90. The largest absolute Gasteiger partial charge is 0.456 e. The predicted octanol–water partition coefficient (Wildman–Crippen LogP) is 2.56. The number of carbonyl (C=O) groups is 2. The van der Waals surface area contributed by atoms with E-state index in [2.05, 4.69) is 4.99 Å². The topological polar surface area (TPSA) is 65.0 Å². The fourth-order valence-electron chi connectivity index (χ4n) is 3.31. The molecule has 0 radical (unpaired) electrons. The Morgan fingerprint density at radius 2 is 1.87 bits per heavy atom. The van der Waals surface area contributed by atoms with Crippen molar-refractivity contribution in [3.63, 3.8) is 0 Å². The van der Waals surface area contributed by atoms with Gasteiger partial charge in [-0.25, -0.2) is 4.79 Å². The molecule has 2 atom stereocenters. The first-order valence-corrected chi connectivity index (χ1v) is 7.85. The van der Waals surface area contributed by atoms with Crippen LogP contribution in [0.15, 0.2) is 34.5 Å². The van der Waals surface area contributed by atoms with Crippen LogP contribution in [-0.4, -0.2) is 37.3 Å². The van der Waals surface area contributed by atoms with E-state index in [4.69, 9.17) is 32.7 Å². The summed E-state index contributed by atoms with van der Waals surface area (Å²) in [6.07, 6.45) is 0. The van der Waals surface area contributed by atoms with Crippen molar-refractivity contribution < 1.29 is 19.1 Å². The van der Waals surface area contributed by atoms with E-state index in [-0.39, 0.29) is 25.6 Å². The van der Waals surface area contributed by atoms with E-state index >= 15 is 0 Å². The maximum absolute atomic E-state index is 12.4. The maximum Gasteiger partial charge on any atom is 0.337 e. The second-order valence-electron chi connectivity index (χ2n) is 5.63. The van der Waals surface area contributed by atoms with E-state index in [1.54, 1.807) is 18.2 Å². The Morgan fingerprint density at radius 3 is 2.65 bits per heavy atom. The Kier molecular flexibility index (Phi) is 3.52. The number of benzene rings is 1. The van der Waals surface area contributed by atoms with Gasteiger partial charge in [0.15, 0.2) is 5.78 Å². The lowest BCUT2D eigenvalue weighted by Crippen LogP contribution is -2.43. The predicted molar refractivity (Wildman–Crippen MR) is 83.9 cm³/mol. The van der Waals surface area contributed by atoms with E-state index in [1.165, 1.54) is 0 Å². The van der Waals surface area contributed by atoms with Gasteiger partial charge < -0.3 is 9.47 Å². The van der Waals surface area contributed by atoms with Crippen molar-refractivity contribution in [3.05, 3.63) is 45.1 Å². The minimum absolute atomic E-state index is 0.0131. The number of nitrogens with zero attached hydrogens (tertiary/aromatic N) is 1. The Hall–Kier alpha value is -1.69. The fraction of sp³-hybridized carbons (Fsp3) is 0.312. The first-order chi connectivity index (χ1) is 11.1. The molecule has 1 aromatic carbocycles. The van der Waals surface area contributed by atoms with Gasteiger partial charge in [-0.3, -0.25) is 9.79 Å². The minimum atomic E-state index is -0.523. The van der Waals surface area contributed by atoms with Crippen LogP contribution < -0.4 is 0 Å². The highest BCUT2D eigenvalue weighted by Gasteiger charge is 2.47. The summed E-state index contributed by atoms with van der Waals surface area (Å²) in [5.41, 5.74) is 2.38. The van der Waals surface area contributed by atoms with Gasteiger partial charge in [0, 0.05) is 5.92 Å². The van der Waals surface area contributed by atoms with Gasteiger partial charge in [0.05, 0.1) is 39.6 Å². The second kappa shape index (κ2) is 5.44. The number of ketones is 1. The smallest absolute Gasteiger partial charge is 0.337 e.